The van der Waals surface area contributed by atoms with Crippen LogP contribution in [0.4, 0.5) is 5.69 Å². The third kappa shape index (κ3) is 5.50. The van der Waals surface area contributed by atoms with E-state index in [-0.39, 0.29) is 17.5 Å². The van der Waals surface area contributed by atoms with Gasteiger partial charge in [0.2, 0.25) is 15.9 Å². The Balaban J connectivity index is 1.38. The van der Waals surface area contributed by atoms with Crippen LogP contribution < -0.4 is 20.4 Å². The van der Waals surface area contributed by atoms with E-state index in [1.165, 1.54) is 0 Å². The summed E-state index contributed by atoms with van der Waals surface area (Å²) in [4.78, 5) is 20.4. The molecule has 10 heteroatoms. The molecule has 0 spiro atoms. The van der Waals surface area contributed by atoms with Crippen molar-refractivity contribution in [1.29, 1.82) is 0 Å². The van der Waals surface area contributed by atoms with Crippen LogP contribution in [0.25, 0.3) is 10.8 Å². The lowest BCUT2D eigenvalue weighted by Crippen LogP contribution is -2.59. The number of hydrogen-bond donors (Lipinski definition) is 3. The minimum absolute atomic E-state index is 0.0904. The maximum Gasteiger partial charge on any atom is 0.248 e. The van der Waals surface area contributed by atoms with Crippen LogP contribution >= 0.6 is 11.6 Å². The Morgan fingerprint density at radius 1 is 1.03 bits per heavy atom. The van der Waals surface area contributed by atoms with Crippen LogP contribution in [-0.2, 0) is 25.2 Å². The number of carbonyl (C=O) groups excluding carboxylic acids is 1. The number of amides is 1. The molecule has 36 heavy (non-hydrogen) atoms. The number of hydroxylamine groups is 1. The van der Waals surface area contributed by atoms with Crippen molar-refractivity contribution in [2.75, 3.05) is 32.3 Å². The molecule has 1 unspecified atom stereocenters. The molecule has 1 saturated heterocycles. The lowest BCUT2D eigenvalue weighted by Gasteiger charge is -2.37. The number of sulfonamides is 1. The van der Waals surface area contributed by atoms with Gasteiger partial charge in [-0.05, 0) is 42.7 Å². The molecule has 4 rings (SSSR count). The molecule has 192 valence electrons. The number of unbranched alkanes of at least 4 members (excludes halogenated alkanes) is 2. The molecule has 8 nitrogen and oxygen atoms in total. The smallest absolute Gasteiger partial charge is 0.248 e. The number of nitrogens with zero attached hydrogens (tertiary/aromatic N) is 1. The fourth-order valence-electron chi connectivity index (χ4n) is 4.58. The van der Waals surface area contributed by atoms with Crippen LogP contribution in [0.2, 0.25) is 5.02 Å². The molecule has 3 N–H and O–H groups in total. The first-order chi connectivity index (χ1) is 17.2. The van der Waals surface area contributed by atoms with Gasteiger partial charge in [0, 0.05) is 42.1 Å². The van der Waals surface area contributed by atoms with Crippen LogP contribution in [0.15, 0.2) is 65.6 Å². The summed E-state index contributed by atoms with van der Waals surface area (Å²) in [5, 5.41) is 4.86. The van der Waals surface area contributed by atoms with E-state index in [2.05, 4.69) is 15.5 Å². The number of hydrogen-bond acceptors (Lipinski definition) is 6. The second-order valence-corrected chi connectivity index (χ2v) is 11.2. The maximum atomic E-state index is 13.1. The van der Waals surface area contributed by atoms with Crippen LogP contribution in [0.5, 0.6) is 0 Å². The molecular formula is C26H31ClN4O4S. The van der Waals surface area contributed by atoms with Gasteiger partial charge < -0.3 is 10.2 Å². The first-order valence-electron chi connectivity index (χ1n) is 11.9. The average molecular weight is 531 g/mol. The van der Waals surface area contributed by atoms with Crippen molar-refractivity contribution in [3.8, 4) is 0 Å². The van der Waals surface area contributed by atoms with Gasteiger partial charge in [-0.15, -0.1) is 0 Å². The van der Waals surface area contributed by atoms with Crippen LogP contribution in [0.3, 0.4) is 0 Å². The van der Waals surface area contributed by atoms with Gasteiger partial charge >= 0.3 is 0 Å². The molecule has 1 fully saturated rings. The molecule has 3 aromatic rings. The Hall–Kier alpha value is -2.69. The molecule has 0 aliphatic carbocycles. The Bertz CT molecular complexity index is 1350. The third-order valence-corrected chi connectivity index (χ3v) is 8.16. The zero-order valence-corrected chi connectivity index (χ0v) is 22.0. The summed E-state index contributed by atoms with van der Waals surface area (Å²) in [7, 11) is 0.182. The van der Waals surface area contributed by atoms with Crippen molar-refractivity contribution in [2.45, 2.75) is 36.1 Å². The standard InChI is InChI=1S/C26H31ClN4O4S/c1-31(2)23-13-7-12-22-21(23)11-8-14-24(22)36(33,34)29-16-5-3-4-15-26(25(32)28-18-35-30-26)19-9-6-10-20(27)17-19/h6-14,17,29-30H,3-5,15-16,18H2,1-2H3,(H,28,32). The summed E-state index contributed by atoms with van der Waals surface area (Å²) < 4.78 is 28.9. The predicted octanol–water partition coefficient (Wildman–Crippen LogP) is 3.90. The molecule has 1 atom stereocenters. The van der Waals surface area contributed by atoms with Crippen LogP contribution in [0.1, 0.15) is 31.2 Å². The molecule has 3 aromatic carbocycles. The van der Waals surface area contributed by atoms with Gasteiger partial charge in [-0.2, -0.15) is 5.48 Å². The largest absolute Gasteiger partial charge is 0.377 e. The van der Waals surface area contributed by atoms with E-state index in [0.717, 1.165) is 23.1 Å². The van der Waals surface area contributed by atoms with Crippen molar-refractivity contribution in [3.63, 3.8) is 0 Å². The number of anilines is 1. The van der Waals surface area contributed by atoms with E-state index < -0.39 is 15.6 Å². The summed E-state index contributed by atoms with van der Waals surface area (Å²) in [6.07, 6.45) is 2.50. The summed E-state index contributed by atoms with van der Waals surface area (Å²) >= 11 is 6.16. The average Bonchev–Trinajstić information content (AvgIpc) is 2.86. The summed E-state index contributed by atoms with van der Waals surface area (Å²) in [5.41, 5.74) is 3.54. The summed E-state index contributed by atoms with van der Waals surface area (Å²) in [5.74, 6) is -0.176. The molecule has 0 radical (unpaired) electrons. The van der Waals surface area contributed by atoms with Gasteiger partial charge in [0.1, 0.15) is 12.3 Å². The van der Waals surface area contributed by atoms with E-state index in [1.807, 2.05) is 49.3 Å². The zero-order chi connectivity index (χ0) is 25.8. The topological polar surface area (TPSA) is 99.8 Å². The number of nitrogens with one attached hydrogen (secondary N) is 3. The minimum Gasteiger partial charge on any atom is -0.377 e. The summed E-state index contributed by atoms with van der Waals surface area (Å²) in [6.45, 7) is 0.388. The SMILES string of the molecule is CN(C)c1cccc2c(S(=O)(=O)NCCCCCC3(c4cccc(Cl)c4)NOCNC3=O)cccc12. The highest BCUT2D eigenvalue weighted by atomic mass is 35.5. The van der Waals surface area contributed by atoms with Crippen molar-refractivity contribution < 1.29 is 18.0 Å². The van der Waals surface area contributed by atoms with Gasteiger partial charge in [-0.1, -0.05) is 60.8 Å². The Morgan fingerprint density at radius 2 is 1.78 bits per heavy atom. The molecule has 0 saturated carbocycles. The number of rotatable bonds is 10. The predicted molar refractivity (Wildman–Crippen MR) is 142 cm³/mol. The second-order valence-electron chi connectivity index (χ2n) is 9.04. The summed E-state index contributed by atoms with van der Waals surface area (Å²) in [6, 6.07) is 18.1. The highest BCUT2D eigenvalue weighted by Gasteiger charge is 2.42. The number of halogens is 1. The molecule has 0 bridgehead atoms. The van der Waals surface area contributed by atoms with E-state index >= 15 is 0 Å². The quantitative estimate of drug-likeness (QED) is 0.344. The van der Waals surface area contributed by atoms with E-state index in [4.69, 9.17) is 16.4 Å². The Labute approximate surface area is 217 Å². The highest BCUT2D eigenvalue weighted by molar-refractivity contribution is 7.89. The Morgan fingerprint density at radius 3 is 2.53 bits per heavy atom. The third-order valence-electron chi connectivity index (χ3n) is 6.41. The monoisotopic (exact) mass is 530 g/mol. The lowest BCUT2D eigenvalue weighted by atomic mass is 9.84. The fraction of sp³-hybridized carbons (Fsp3) is 0.346. The van der Waals surface area contributed by atoms with Crippen molar-refractivity contribution >= 4 is 44.0 Å². The van der Waals surface area contributed by atoms with Gasteiger partial charge in [0.25, 0.3) is 0 Å². The first kappa shape index (κ1) is 26.4. The minimum atomic E-state index is -3.69. The van der Waals surface area contributed by atoms with E-state index in [1.54, 1.807) is 30.3 Å². The second kappa shape index (κ2) is 11.1. The first-order valence-corrected chi connectivity index (χ1v) is 13.7. The van der Waals surface area contributed by atoms with Crippen molar-refractivity contribution in [1.82, 2.24) is 15.5 Å². The number of fused-ring (bicyclic) bond motifs is 1. The molecule has 1 amide bonds. The number of carbonyl (C=O) groups is 1. The normalized spacial score (nSPS) is 18.2. The van der Waals surface area contributed by atoms with Crippen LogP contribution in [0, 0.1) is 0 Å². The van der Waals surface area contributed by atoms with Crippen LogP contribution in [-0.4, -0.2) is 41.7 Å². The maximum absolute atomic E-state index is 13.1. The number of benzene rings is 3. The fourth-order valence-corrected chi connectivity index (χ4v) is 6.06. The molecule has 0 aromatic heterocycles. The highest BCUT2D eigenvalue weighted by Crippen LogP contribution is 2.32. The van der Waals surface area contributed by atoms with Crippen molar-refractivity contribution in [2.24, 2.45) is 0 Å². The van der Waals surface area contributed by atoms with Crippen molar-refractivity contribution in [3.05, 3.63) is 71.2 Å². The molecule has 1 heterocycles. The lowest BCUT2D eigenvalue weighted by molar-refractivity contribution is -0.152. The van der Waals surface area contributed by atoms with Gasteiger partial charge in [0.05, 0.1) is 4.90 Å². The molecular weight excluding hydrogens is 500 g/mol. The van der Waals surface area contributed by atoms with Gasteiger partial charge in [0.15, 0.2) is 0 Å². The molecule has 1 aliphatic heterocycles. The Kier molecular flexibility index (Phi) is 8.17. The molecule has 1 aliphatic rings. The zero-order valence-electron chi connectivity index (χ0n) is 20.4. The van der Waals surface area contributed by atoms with Gasteiger partial charge in [-0.25, -0.2) is 13.1 Å². The van der Waals surface area contributed by atoms with E-state index in [9.17, 15) is 13.2 Å². The van der Waals surface area contributed by atoms with Gasteiger partial charge in [-0.3, -0.25) is 9.63 Å². The van der Waals surface area contributed by atoms with E-state index in [0.29, 0.717) is 36.2 Å².